The van der Waals surface area contributed by atoms with Crippen molar-refractivity contribution in [3.05, 3.63) is 24.3 Å². The summed E-state index contributed by atoms with van der Waals surface area (Å²) in [6.07, 6.45) is 0. The van der Waals surface area contributed by atoms with Gasteiger partial charge < -0.3 is 10.5 Å². The molecule has 0 saturated carbocycles. The maximum atomic E-state index is 12.4. The second-order valence-electron chi connectivity index (χ2n) is 5.28. The van der Waals surface area contributed by atoms with E-state index in [-0.39, 0.29) is 12.4 Å². The first-order valence-corrected chi connectivity index (χ1v) is 9.54. The minimum absolute atomic E-state index is 0.0224. The van der Waals surface area contributed by atoms with Crippen molar-refractivity contribution in [3.63, 3.8) is 0 Å². The van der Waals surface area contributed by atoms with Gasteiger partial charge in [0.15, 0.2) is 0 Å². The van der Waals surface area contributed by atoms with Crippen molar-refractivity contribution in [2.75, 3.05) is 31.2 Å². The molecule has 0 bridgehead atoms. The number of hydrogen-bond acceptors (Lipinski definition) is 5. The Labute approximate surface area is 130 Å². The van der Waals surface area contributed by atoms with Crippen LogP contribution in [0.3, 0.4) is 0 Å². The zero-order valence-corrected chi connectivity index (χ0v) is 14.0. The molecular weight excluding hydrogens is 308 g/mol. The molecule has 0 aromatic heterocycles. The molecule has 0 amide bonds. The molecule has 2 rings (SSSR count). The van der Waals surface area contributed by atoms with Gasteiger partial charge >= 0.3 is 0 Å². The SMILES string of the molecule is CC1CN(S(=O)(=O)CCOc2ccccc2N)CC(C)S1. The van der Waals surface area contributed by atoms with Crippen molar-refractivity contribution in [1.29, 1.82) is 0 Å². The van der Waals surface area contributed by atoms with Gasteiger partial charge in [-0.15, -0.1) is 0 Å². The molecule has 1 aliphatic rings. The van der Waals surface area contributed by atoms with Gasteiger partial charge in [-0.1, -0.05) is 26.0 Å². The van der Waals surface area contributed by atoms with Gasteiger partial charge in [-0.05, 0) is 12.1 Å². The van der Waals surface area contributed by atoms with E-state index in [4.69, 9.17) is 10.5 Å². The number of rotatable bonds is 5. The number of hydrogen-bond donors (Lipinski definition) is 1. The lowest BCUT2D eigenvalue weighted by Gasteiger charge is -2.33. The largest absolute Gasteiger partial charge is 0.490 e. The summed E-state index contributed by atoms with van der Waals surface area (Å²) in [5, 5.41) is 0.656. The fraction of sp³-hybridized carbons (Fsp3) is 0.571. The fourth-order valence-electron chi connectivity index (χ4n) is 2.36. The first-order valence-electron chi connectivity index (χ1n) is 6.99. The molecule has 2 unspecified atom stereocenters. The summed E-state index contributed by atoms with van der Waals surface area (Å²) in [4.78, 5) is 0. The van der Waals surface area contributed by atoms with Crippen LogP contribution < -0.4 is 10.5 Å². The molecule has 1 aromatic rings. The Hall–Kier alpha value is -0.920. The Morgan fingerprint density at radius 2 is 1.90 bits per heavy atom. The molecule has 0 spiro atoms. The molecule has 1 saturated heterocycles. The van der Waals surface area contributed by atoms with E-state index < -0.39 is 10.0 Å². The quantitative estimate of drug-likeness (QED) is 0.834. The molecule has 1 fully saturated rings. The van der Waals surface area contributed by atoms with Crippen LogP contribution >= 0.6 is 11.8 Å². The van der Waals surface area contributed by atoms with Gasteiger partial charge in [-0.2, -0.15) is 16.1 Å². The third kappa shape index (κ3) is 4.52. The molecule has 1 aromatic carbocycles. The number of sulfonamides is 1. The van der Waals surface area contributed by atoms with Gasteiger partial charge in [0.05, 0.1) is 11.4 Å². The predicted octanol–water partition coefficient (Wildman–Crippen LogP) is 1.80. The van der Waals surface area contributed by atoms with Crippen molar-refractivity contribution >= 4 is 27.5 Å². The second-order valence-corrected chi connectivity index (χ2v) is 9.25. The first kappa shape index (κ1) is 16.5. The highest BCUT2D eigenvalue weighted by Crippen LogP contribution is 2.26. The van der Waals surface area contributed by atoms with Crippen molar-refractivity contribution in [1.82, 2.24) is 4.31 Å². The summed E-state index contributed by atoms with van der Waals surface area (Å²) in [6, 6.07) is 7.09. The summed E-state index contributed by atoms with van der Waals surface area (Å²) in [5.74, 6) is 0.509. The maximum Gasteiger partial charge on any atom is 0.217 e. The molecule has 21 heavy (non-hydrogen) atoms. The Morgan fingerprint density at radius 1 is 1.29 bits per heavy atom. The molecule has 2 atom stereocenters. The minimum Gasteiger partial charge on any atom is -0.490 e. The molecule has 7 heteroatoms. The molecule has 0 radical (unpaired) electrons. The van der Waals surface area contributed by atoms with Gasteiger partial charge in [0.1, 0.15) is 12.4 Å². The summed E-state index contributed by atoms with van der Waals surface area (Å²) in [5.41, 5.74) is 6.28. The van der Waals surface area contributed by atoms with Crippen LogP contribution in [0.2, 0.25) is 0 Å². The molecule has 0 aliphatic carbocycles. The highest BCUT2D eigenvalue weighted by molar-refractivity contribution is 8.00. The van der Waals surface area contributed by atoms with Crippen molar-refractivity contribution in [2.24, 2.45) is 0 Å². The van der Waals surface area contributed by atoms with Crippen LogP contribution in [0.15, 0.2) is 24.3 Å². The number of nitrogen functional groups attached to an aromatic ring is 1. The zero-order valence-electron chi connectivity index (χ0n) is 12.4. The van der Waals surface area contributed by atoms with Crippen LogP contribution in [0.4, 0.5) is 5.69 Å². The van der Waals surface area contributed by atoms with Crippen LogP contribution in [0.5, 0.6) is 5.75 Å². The third-order valence-electron chi connectivity index (χ3n) is 3.30. The topological polar surface area (TPSA) is 72.6 Å². The van der Waals surface area contributed by atoms with Gasteiger partial charge in [0.25, 0.3) is 0 Å². The Balaban J connectivity index is 1.91. The second kappa shape index (κ2) is 6.89. The van der Waals surface area contributed by atoms with Gasteiger partial charge in [0.2, 0.25) is 10.0 Å². The smallest absolute Gasteiger partial charge is 0.217 e. The van der Waals surface area contributed by atoms with E-state index in [1.165, 1.54) is 0 Å². The normalized spacial score (nSPS) is 23.9. The predicted molar refractivity (Wildman–Crippen MR) is 88.2 cm³/mol. The van der Waals surface area contributed by atoms with E-state index in [0.29, 0.717) is 35.0 Å². The van der Waals surface area contributed by atoms with Crippen LogP contribution in [0, 0.1) is 0 Å². The molecule has 118 valence electrons. The first-order chi connectivity index (χ1) is 9.88. The number of thioether (sulfide) groups is 1. The van der Waals surface area contributed by atoms with E-state index in [9.17, 15) is 8.42 Å². The van der Waals surface area contributed by atoms with E-state index in [1.54, 1.807) is 16.4 Å². The molecule has 1 heterocycles. The van der Waals surface area contributed by atoms with Crippen LogP contribution in [-0.4, -0.2) is 48.7 Å². The van der Waals surface area contributed by atoms with Crippen molar-refractivity contribution in [2.45, 2.75) is 24.3 Å². The molecular formula is C14H22N2O3S2. The lowest BCUT2D eigenvalue weighted by atomic mass is 10.3. The number of para-hydroxylation sites is 2. The highest BCUT2D eigenvalue weighted by Gasteiger charge is 2.30. The number of nitrogens with two attached hydrogens (primary N) is 1. The lowest BCUT2D eigenvalue weighted by Crippen LogP contribution is -2.45. The van der Waals surface area contributed by atoms with Crippen LogP contribution in [0.25, 0.3) is 0 Å². The molecule has 5 nitrogen and oxygen atoms in total. The summed E-state index contributed by atoms with van der Waals surface area (Å²) >= 11 is 1.83. The highest BCUT2D eigenvalue weighted by atomic mass is 32.2. The monoisotopic (exact) mass is 330 g/mol. The number of nitrogens with zero attached hydrogens (tertiary/aromatic N) is 1. The Morgan fingerprint density at radius 3 is 2.52 bits per heavy atom. The molecule has 1 aliphatic heterocycles. The number of benzene rings is 1. The van der Waals surface area contributed by atoms with Crippen LogP contribution in [-0.2, 0) is 10.0 Å². The standard InChI is InChI=1S/C14H22N2O3S2/c1-11-9-16(10-12(2)20-11)21(17,18)8-7-19-14-6-4-3-5-13(14)15/h3-6,11-12H,7-10,15H2,1-2H3. The molecule has 2 N–H and O–H groups in total. The Bertz CT molecular complexity index is 567. The van der Waals surface area contributed by atoms with E-state index in [0.717, 1.165) is 0 Å². The van der Waals surface area contributed by atoms with Gasteiger partial charge in [-0.25, -0.2) is 8.42 Å². The maximum absolute atomic E-state index is 12.4. The fourth-order valence-corrected chi connectivity index (χ4v) is 5.32. The summed E-state index contributed by atoms with van der Waals surface area (Å²) in [6.45, 7) is 5.38. The summed E-state index contributed by atoms with van der Waals surface area (Å²) < 4.78 is 31.8. The average molecular weight is 330 g/mol. The lowest BCUT2D eigenvalue weighted by molar-refractivity contribution is 0.334. The zero-order chi connectivity index (χ0) is 15.5. The average Bonchev–Trinajstić information content (AvgIpc) is 2.40. The number of anilines is 1. The van der Waals surface area contributed by atoms with E-state index in [2.05, 4.69) is 13.8 Å². The van der Waals surface area contributed by atoms with Crippen molar-refractivity contribution in [3.8, 4) is 5.75 Å². The van der Waals surface area contributed by atoms with E-state index in [1.807, 2.05) is 23.9 Å². The van der Waals surface area contributed by atoms with E-state index >= 15 is 0 Å². The van der Waals surface area contributed by atoms with Crippen molar-refractivity contribution < 1.29 is 13.2 Å². The Kier molecular flexibility index (Phi) is 5.40. The number of ether oxygens (including phenoxy) is 1. The minimum atomic E-state index is -3.28. The summed E-state index contributed by atoms with van der Waals surface area (Å²) in [7, 11) is -3.28. The third-order valence-corrected chi connectivity index (χ3v) is 6.29. The van der Waals surface area contributed by atoms with Gasteiger partial charge in [-0.3, -0.25) is 0 Å². The van der Waals surface area contributed by atoms with Gasteiger partial charge in [0, 0.05) is 23.6 Å². The van der Waals surface area contributed by atoms with Crippen LogP contribution in [0.1, 0.15) is 13.8 Å².